The molecule has 0 spiro atoms. The van der Waals surface area contributed by atoms with Gasteiger partial charge in [0.05, 0.1) is 18.0 Å². The molecule has 2 aromatic rings. The monoisotopic (exact) mass is 322 g/mol. The Balaban J connectivity index is 0.000000593. The number of alkyl halides is 2. The van der Waals surface area contributed by atoms with Crippen molar-refractivity contribution in [3.8, 4) is 5.69 Å². The molecule has 0 saturated carbocycles. The maximum Gasteiger partial charge on any atom is 0.353 e. The van der Waals surface area contributed by atoms with Crippen molar-refractivity contribution in [3.63, 3.8) is 0 Å². The number of nitrogens with zero attached hydrogens (tertiary/aromatic N) is 2. The molecule has 0 atom stereocenters. The summed E-state index contributed by atoms with van der Waals surface area (Å²) in [5.41, 5.74) is 3.42. The highest BCUT2D eigenvalue weighted by molar-refractivity contribution is 5.35. The fourth-order valence-corrected chi connectivity index (χ4v) is 1.76. The van der Waals surface area contributed by atoms with Crippen LogP contribution in [-0.4, -0.2) is 15.9 Å². The Morgan fingerprint density at radius 1 is 1.13 bits per heavy atom. The normalized spacial score (nSPS) is 11.4. The lowest BCUT2D eigenvalue weighted by Crippen LogP contribution is -2.15. The SMILES string of the molecule is C/C=C/C.Cc1ccc(-n2nc(COC(C)(F)F)cc2C)cc1. The number of ether oxygens (including phenoxy) is 1. The van der Waals surface area contributed by atoms with E-state index in [0.29, 0.717) is 5.69 Å². The average molecular weight is 322 g/mol. The van der Waals surface area contributed by atoms with Gasteiger partial charge in [0.1, 0.15) is 0 Å². The Morgan fingerprint density at radius 2 is 1.70 bits per heavy atom. The van der Waals surface area contributed by atoms with Crippen LogP contribution in [0.15, 0.2) is 42.5 Å². The molecule has 0 saturated heterocycles. The second-order valence-corrected chi connectivity index (χ2v) is 5.29. The van der Waals surface area contributed by atoms with Crippen molar-refractivity contribution in [2.45, 2.75) is 47.3 Å². The standard InChI is InChI=1S/C14H16F2N2O.C4H8/c1-10-4-6-13(7-5-10)18-11(2)8-12(17-18)9-19-14(3,15)16;1-3-4-2/h4-8H,9H2,1-3H3;3-4H,1-2H3/b;4-3+. The second kappa shape index (κ2) is 8.58. The number of rotatable bonds is 4. The van der Waals surface area contributed by atoms with Gasteiger partial charge in [-0.05, 0) is 45.9 Å². The fraction of sp³-hybridized carbons (Fsp3) is 0.389. The van der Waals surface area contributed by atoms with Crippen LogP contribution in [0.3, 0.4) is 0 Å². The number of allylic oxidation sites excluding steroid dienone is 2. The first-order chi connectivity index (χ1) is 10.8. The molecule has 1 aromatic carbocycles. The lowest BCUT2D eigenvalue weighted by Gasteiger charge is -2.09. The summed E-state index contributed by atoms with van der Waals surface area (Å²) in [6.45, 7) is 8.39. The number of hydrogen-bond donors (Lipinski definition) is 0. The lowest BCUT2D eigenvalue weighted by molar-refractivity contribution is -0.231. The summed E-state index contributed by atoms with van der Waals surface area (Å²) in [5.74, 6) is 0. The number of halogens is 2. The quantitative estimate of drug-likeness (QED) is 0.723. The Hall–Kier alpha value is -2.01. The Bertz CT molecular complexity index is 621. The summed E-state index contributed by atoms with van der Waals surface area (Å²) in [4.78, 5) is 0. The van der Waals surface area contributed by atoms with Crippen molar-refractivity contribution in [2.75, 3.05) is 0 Å². The van der Waals surface area contributed by atoms with Gasteiger partial charge < -0.3 is 4.74 Å². The zero-order valence-corrected chi connectivity index (χ0v) is 14.3. The van der Waals surface area contributed by atoms with Crippen molar-refractivity contribution >= 4 is 0 Å². The molecule has 2 rings (SSSR count). The summed E-state index contributed by atoms with van der Waals surface area (Å²) in [6, 6.07) is 9.58. The van der Waals surface area contributed by atoms with Gasteiger partial charge in [0.15, 0.2) is 0 Å². The van der Waals surface area contributed by atoms with E-state index >= 15 is 0 Å². The fourth-order valence-electron chi connectivity index (χ4n) is 1.76. The molecule has 23 heavy (non-hydrogen) atoms. The van der Waals surface area contributed by atoms with Crippen LogP contribution >= 0.6 is 0 Å². The van der Waals surface area contributed by atoms with E-state index < -0.39 is 6.11 Å². The van der Waals surface area contributed by atoms with E-state index in [2.05, 4.69) is 9.84 Å². The first kappa shape index (κ1) is 19.0. The van der Waals surface area contributed by atoms with Crippen molar-refractivity contribution in [1.82, 2.24) is 9.78 Å². The third kappa shape index (κ3) is 6.74. The Labute approximate surface area is 136 Å². The average Bonchev–Trinajstić information content (AvgIpc) is 2.87. The van der Waals surface area contributed by atoms with Crippen molar-refractivity contribution in [1.29, 1.82) is 0 Å². The van der Waals surface area contributed by atoms with E-state index in [4.69, 9.17) is 0 Å². The molecular formula is C18H24F2N2O. The van der Waals surface area contributed by atoms with E-state index in [1.165, 1.54) is 0 Å². The van der Waals surface area contributed by atoms with Crippen LogP contribution in [0, 0.1) is 13.8 Å². The van der Waals surface area contributed by atoms with Crippen LogP contribution in [0.4, 0.5) is 8.78 Å². The molecule has 0 radical (unpaired) electrons. The Kier molecular flexibility index (Phi) is 7.10. The van der Waals surface area contributed by atoms with Gasteiger partial charge >= 0.3 is 6.11 Å². The summed E-state index contributed by atoms with van der Waals surface area (Å²) < 4.78 is 31.4. The highest BCUT2D eigenvalue weighted by Crippen LogP contribution is 2.18. The molecule has 126 valence electrons. The molecule has 5 heteroatoms. The minimum absolute atomic E-state index is 0.205. The predicted octanol–water partition coefficient (Wildman–Crippen LogP) is 5.20. The number of aryl methyl sites for hydroxylation is 2. The number of hydrogen-bond acceptors (Lipinski definition) is 2. The molecule has 0 unspecified atom stereocenters. The minimum Gasteiger partial charge on any atom is -0.314 e. The molecular weight excluding hydrogens is 298 g/mol. The van der Waals surface area contributed by atoms with Crippen molar-refractivity contribution in [2.24, 2.45) is 0 Å². The molecule has 1 aromatic heterocycles. The van der Waals surface area contributed by atoms with Gasteiger partial charge in [-0.3, -0.25) is 0 Å². The van der Waals surface area contributed by atoms with Gasteiger partial charge in [0.25, 0.3) is 0 Å². The molecule has 0 aliphatic heterocycles. The van der Waals surface area contributed by atoms with Gasteiger partial charge in [-0.25, -0.2) is 4.68 Å². The molecule has 3 nitrogen and oxygen atoms in total. The van der Waals surface area contributed by atoms with E-state index in [-0.39, 0.29) is 6.61 Å². The zero-order chi connectivity index (χ0) is 17.5. The van der Waals surface area contributed by atoms with E-state index in [9.17, 15) is 8.78 Å². The van der Waals surface area contributed by atoms with Crippen LogP contribution in [-0.2, 0) is 11.3 Å². The largest absolute Gasteiger partial charge is 0.353 e. The van der Waals surface area contributed by atoms with Crippen LogP contribution in [0.2, 0.25) is 0 Å². The molecule has 0 bridgehead atoms. The second-order valence-electron chi connectivity index (χ2n) is 5.29. The summed E-state index contributed by atoms with van der Waals surface area (Å²) in [6.07, 6.45) is 0.863. The molecule has 1 heterocycles. The number of aromatic nitrogens is 2. The highest BCUT2D eigenvalue weighted by Gasteiger charge is 2.22. The van der Waals surface area contributed by atoms with Gasteiger partial charge in [-0.1, -0.05) is 29.8 Å². The van der Waals surface area contributed by atoms with Crippen LogP contribution in [0.25, 0.3) is 5.69 Å². The van der Waals surface area contributed by atoms with Gasteiger partial charge in [-0.2, -0.15) is 13.9 Å². The molecule has 0 aliphatic rings. The van der Waals surface area contributed by atoms with Crippen LogP contribution < -0.4 is 0 Å². The third-order valence-electron chi connectivity index (χ3n) is 3.02. The maximum atomic E-state index is 12.6. The van der Waals surface area contributed by atoms with E-state index in [0.717, 1.165) is 23.9 Å². The van der Waals surface area contributed by atoms with Crippen LogP contribution in [0.5, 0.6) is 0 Å². The third-order valence-corrected chi connectivity index (χ3v) is 3.02. The first-order valence-corrected chi connectivity index (χ1v) is 7.48. The van der Waals surface area contributed by atoms with E-state index in [1.54, 1.807) is 10.7 Å². The summed E-state index contributed by atoms with van der Waals surface area (Å²) >= 11 is 0. The highest BCUT2D eigenvalue weighted by atomic mass is 19.3. The molecule has 0 N–H and O–H groups in total. The van der Waals surface area contributed by atoms with E-state index in [1.807, 2.05) is 64.1 Å². The van der Waals surface area contributed by atoms with Gasteiger partial charge in [-0.15, -0.1) is 0 Å². The Morgan fingerprint density at radius 3 is 2.17 bits per heavy atom. The topological polar surface area (TPSA) is 27.1 Å². The van der Waals surface area contributed by atoms with Crippen molar-refractivity contribution in [3.05, 3.63) is 59.4 Å². The van der Waals surface area contributed by atoms with Crippen LogP contribution in [0.1, 0.15) is 37.7 Å². The number of benzene rings is 1. The lowest BCUT2D eigenvalue weighted by atomic mass is 10.2. The minimum atomic E-state index is -3.14. The van der Waals surface area contributed by atoms with Gasteiger partial charge in [0, 0.05) is 12.6 Å². The molecule has 0 amide bonds. The van der Waals surface area contributed by atoms with Gasteiger partial charge in [0.2, 0.25) is 0 Å². The molecule has 0 fully saturated rings. The summed E-state index contributed by atoms with van der Waals surface area (Å²) in [7, 11) is 0. The summed E-state index contributed by atoms with van der Waals surface area (Å²) in [5, 5.41) is 4.27. The molecule has 0 aliphatic carbocycles. The first-order valence-electron chi connectivity index (χ1n) is 7.48. The predicted molar refractivity (Wildman–Crippen MR) is 88.9 cm³/mol. The zero-order valence-electron chi connectivity index (χ0n) is 14.3. The smallest absolute Gasteiger partial charge is 0.314 e. The maximum absolute atomic E-state index is 12.6. The van der Waals surface area contributed by atoms with Crippen molar-refractivity contribution < 1.29 is 13.5 Å².